The van der Waals surface area contributed by atoms with Crippen LogP contribution in [0.4, 0.5) is 17.5 Å². The Bertz CT molecular complexity index is 1050. The molecule has 0 spiro atoms. The highest BCUT2D eigenvalue weighted by Gasteiger charge is 2.16. The molecule has 4 aromatic heterocycles. The van der Waals surface area contributed by atoms with Gasteiger partial charge in [0.2, 0.25) is 11.8 Å². The molecule has 0 saturated carbocycles. The summed E-state index contributed by atoms with van der Waals surface area (Å²) < 4.78 is 7.17. The third kappa shape index (κ3) is 2.76. The first-order valence-electron chi connectivity index (χ1n) is 7.56. The lowest BCUT2D eigenvalue weighted by atomic mass is 10.3. The first-order valence-corrected chi connectivity index (χ1v) is 7.56. The normalized spacial score (nSPS) is 11.1. The maximum atomic E-state index is 9.21. The van der Waals surface area contributed by atoms with Crippen molar-refractivity contribution in [3.05, 3.63) is 48.0 Å². The maximum Gasteiger partial charge on any atom is 0.224 e. The second kappa shape index (κ2) is 5.87. The summed E-state index contributed by atoms with van der Waals surface area (Å²) in [6.07, 6.45) is 1.61. The Labute approximate surface area is 142 Å². The number of nitrogens with zero attached hydrogens (tertiary/aromatic N) is 5. The number of aromatic nitrogens is 5. The zero-order chi connectivity index (χ0) is 17.4. The Morgan fingerprint density at radius 2 is 2.08 bits per heavy atom. The Morgan fingerprint density at radius 3 is 2.84 bits per heavy atom. The molecule has 126 valence electrons. The van der Waals surface area contributed by atoms with Crippen LogP contribution in [0.15, 0.2) is 40.9 Å². The minimum Gasteiger partial charge on any atom is -0.458 e. The molecule has 4 rings (SSSR count). The van der Waals surface area contributed by atoms with Crippen molar-refractivity contribution in [2.45, 2.75) is 13.5 Å². The van der Waals surface area contributed by atoms with E-state index in [9.17, 15) is 5.11 Å². The number of aryl methyl sites for hydroxylation is 1. The molecule has 0 bridgehead atoms. The van der Waals surface area contributed by atoms with Gasteiger partial charge in [0.25, 0.3) is 0 Å². The number of anilines is 3. The van der Waals surface area contributed by atoms with Gasteiger partial charge in [-0.1, -0.05) is 6.07 Å². The van der Waals surface area contributed by atoms with E-state index < -0.39 is 0 Å². The van der Waals surface area contributed by atoms with Crippen LogP contribution in [-0.2, 0) is 6.61 Å². The van der Waals surface area contributed by atoms with Gasteiger partial charge in [-0.25, -0.2) is 4.98 Å². The monoisotopic (exact) mass is 337 g/mol. The number of hydrogen-bond acceptors (Lipinski definition) is 8. The summed E-state index contributed by atoms with van der Waals surface area (Å²) in [5.74, 6) is 2.44. The molecular formula is C16H15N7O2. The predicted octanol–water partition coefficient (Wildman–Crippen LogP) is 1.91. The summed E-state index contributed by atoms with van der Waals surface area (Å²) in [4.78, 5) is 12.8. The van der Waals surface area contributed by atoms with Crippen LogP contribution >= 0.6 is 0 Å². The maximum absolute atomic E-state index is 9.21. The molecule has 0 fully saturated rings. The highest BCUT2D eigenvalue weighted by molar-refractivity contribution is 5.74. The van der Waals surface area contributed by atoms with Crippen LogP contribution in [0.2, 0.25) is 0 Å². The summed E-state index contributed by atoms with van der Waals surface area (Å²) in [6, 6.07) is 8.96. The lowest BCUT2D eigenvalue weighted by Crippen LogP contribution is -2.05. The third-order valence-electron chi connectivity index (χ3n) is 3.58. The first kappa shape index (κ1) is 15.1. The van der Waals surface area contributed by atoms with Crippen molar-refractivity contribution < 1.29 is 9.52 Å². The predicted molar refractivity (Wildman–Crippen MR) is 91.1 cm³/mol. The fourth-order valence-corrected chi connectivity index (χ4v) is 2.47. The van der Waals surface area contributed by atoms with Gasteiger partial charge >= 0.3 is 0 Å². The number of furan rings is 1. The number of pyridine rings is 1. The first-order chi connectivity index (χ1) is 12.1. The van der Waals surface area contributed by atoms with Crippen molar-refractivity contribution in [1.29, 1.82) is 0 Å². The SMILES string of the molecule is Cc1ccc(-c2nc(N)nc3c(Nc4cccc(CO)n4)cnn23)o1. The summed E-state index contributed by atoms with van der Waals surface area (Å²) in [5, 5.41) is 16.7. The molecule has 0 atom stereocenters. The summed E-state index contributed by atoms with van der Waals surface area (Å²) in [5.41, 5.74) is 7.52. The summed E-state index contributed by atoms with van der Waals surface area (Å²) >= 11 is 0. The average Bonchev–Trinajstić information content (AvgIpc) is 3.21. The van der Waals surface area contributed by atoms with Crippen molar-refractivity contribution in [1.82, 2.24) is 24.6 Å². The van der Waals surface area contributed by atoms with Gasteiger partial charge in [0.1, 0.15) is 17.3 Å². The van der Waals surface area contributed by atoms with Crippen molar-refractivity contribution in [3.63, 3.8) is 0 Å². The van der Waals surface area contributed by atoms with Gasteiger partial charge in [0.05, 0.1) is 18.5 Å². The Kier molecular flexibility index (Phi) is 3.55. The molecule has 0 aromatic carbocycles. The van der Waals surface area contributed by atoms with Crippen LogP contribution in [0.1, 0.15) is 11.5 Å². The number of nitrogen functional groups attached to an aromatic ring is 1. The molecule has 9 nitrogen and oxygen atoms in total. The van der Waals surface area contributed by atoms with Crippen molar-refractivity contribution >= 4 is 23.1 Å². The van der Waals surface area contributed by atoms with E-state index in [1.54, 1.807) is 35.0 Å². The van der Waals surface area contributed by atoms with Gasteiger partial charge in [0.15, 0.2) is 11.4 Å². The summed E-state index contributed by atoms with van der Waals surface area (Å²) in [6.45, 7) is 1.71. The van der Waals surface area contributed by atoms with E-state index in [4.69, 9.17) is 10.2 Å². The van der Waals surface area contributed by atoms with Crippen LogP contribution in [0.5, 0.6) is 0 Å². The van der Waals surface area contributed by atoms with Gasteiger partial charge in [-0.05, 0) is 31.2 Å². The number of nitrogens with one attached hydrogen (secondary N) is 1. The molecule has 4 aromatic rings. The molecule has 25 heavy (non-hydrogen) atoms. The van der Waals surface area contributed by atoms with E-state index in [1.165, 1.54) is 0 Å². The number of aliphatic hydroxyl groups is 1. The smallest absolute Gasteiger partial charge is 0.224 e. The number of rotatable bonds is 4. The van der Waals surface area contributed by atoms with E-state index in [2.05, 4.69) is 25.4 Å². The second-order valence-electron chi connectivity index (χ2n) is 5.41. The minimum atomic E-state index is -0.138. The number of nitrogens with two attached hydrogens (primary N) is 1. The molecule has 0 aliphatic rings. The van der Waals surface area contributed by atoms with E-state index in [0.717, 1.165) is 5.76 Å². The van der Waals surface area contributed by atoms with Crippen LogP contribution in [0.25, 0.3) is 17.2 Å². The van der Waals surface area contributed by atoms with Gasteiger partial charge in [0, 0.05) is 0 Å². The zero-order valence-electron chi connectivity index (χ0n) is 13.3. The molecule has 4 N–H and O–H groups in total. The Balaban J connectivity index is 1.80. The minimum absolute atomic E-state index is 0.108. The molecule has 4 heterocycles. The van der Waals surface area contributed by atoms with Crippen LogP contribution < -0.4 is 11.1 Å². The number of aliphatic hydroxyl groups excluding tert-OH is 1. The zero-order valence-corrected chi connectivity index (χ0v) is 13.3. The quantitative estimate of drug-likeness (QED) is 0.515. The molecule has 0 amide bonds. The highest BCUT2D eigenvalue weighted by atomic mass is 16.3. The standard InChI is InChI=1S/C16H15N7O2/c1-9-5-6-12(25-9)15-22-16(17)21-14-11(7-18-23(14)15)20-13-4-2-3-10(8-24)19-13/h2-7,24H,8H2,1H3,(H2,17,21)(H,19,20). The molecule has 0 aliphatic heterocycles. The van der Waals surface area contributed by atoms with Crippen molar-refractivity contribution in [3.8, 4) is 11.6 Å². The van der Waals surface area contributed by atoms with Gasteiger partial charge in [-0.3, -0.25) is 0 Å². The lowest BCUT2D eigenvalue weighted by molar-refractivity contribution is 0.277. The fraction of sp³-hybridized carbons (Fsp3) is 0.125. The Morgan fingerprint density at radius 1 is 1.20 bits per heavy atom. The number of fused-ring (bicyclic) bond motifs is 1. The van der Waals surface area contributed by atoms with E-state index in [1.807, 2.05) is 13.0 Å². The second-order valence-corrected chi connectivity index (χ2v) is 5.41. The Hall–Kier alpha value is -3.46. The molecule has 9 heteroatoms. The van der Waals surface area contributed by atoms with Gasteiger partial charge in [-0.2, -0.15) is 19.6 Å². The van der Waals surface area contributed by atoms with E-state index in [-0.39, 0.29) is 12.6 Å². The van der Waals surface area contributed by atoms with Crippen LogP contribution in [-0.4, -0.2) is 29.7 Å². The topological polar surface area (TPSA) is 127 Å². The molecule has 0 aliphatic carbocycles. The molecule has 0 radical (unpaired) electrons. The molecular weight excluding hydrogens is 322 g/mol. The van der Waals surface area contributed by atoms with Crippen LogP contribution in [0, 0.1) is 6.92 Å². The molecule has 0 saturated heterocycles. The van der Waals surface area contributed by atoms with Gasteiger partial charge < -0.3 is 20.6 Å². The molecule has 0 unspecified atom stereocenters. The van der Waals surface area contributed by atoms with Crippen molar-refractivity contribution in [2.75, 3.05) is 11.1 Å². The van der Waals surface area contributed by atoms with E-state index in [0.29, 0.717) is 34.4 Å². The van der Waals surface area contributed by atoms with Crippen LogP contribution in [0.3, 0.4) is 0 Å². The largest absolute Gasteiger partial charge is 0.458 e. The number of hydrogen-bond donors (Lipinski definition) is 3. The fourth-order valence-electron chi connectivity index (χ4n) is 2.47. The third-order valence-corrected chi connectivity index (χ3v) is 3.58. The lowest BCUT2D eigenvalue weighted by Gasteiger charge is -2.06. The van der Waals surface area contributed by atoms with Crippen molar-refractivity contribution in [2.24, 2.45) is 0 Å². The average molecular weight is 337 g/mol. The van der Waals surface area contributed by atoms with E-state index >= 15 is 0 Å². The van der Waals surface area contributed by atoms with Gasteiger partial charge in [-0.15, -0.1) is 0 Å². The highest BCUT2D eigenvalue weighted by Crippen LogP contribution is 2.26. The summed E-state index contributed by atoms with van der Waals surface area (Å²) in [7, 11) is 0.